The van der Waals surface area contributed by atoms with Gasteiger partial charge in [0.2, 0.25) is 10.0 Å². The van der Waals surface area contributed by atoms with E-state index in [2.05, 4.69) is 20.7 Å². The van der Waals surface area contributed by atoms with Crippen molar-refractivity contribution in [1.82, 2.24) is 4.72 Å². The third-order valence-corrected chi connectivity index (χ3v) is 3.23. The Kier molecular flexibility index (Phi) is 4.31. The summed E-state index contributed by atoms with van der Waals surface area (Å²) >= 11 is 3.35. The Labute approximate surface area is 99.1 Å². The maximum atomic E-state index is 11.0. The second kappa shape index (κ2) is 5.09. The van der Waals surface area contributed by atoms with Gasteiger partial charge in [-0.25, -0.2) is 13.1 Å². The van der Waals surface area contributed by atoms with E-state index < -0.39 is 10.0 Å². The highest BCUT2D eigenvalue weighted by Crippen LogP contribution is 2.11. The molecule has 0 saturated heterocycles. The molecule has 0 unspecified atom stereocenters. The van der Waals surface area contributed by atoms with Crippen LogP contribution >= 0.6 is 15.9 Å². The number of sulfonamides is 1. The fourth-order valence-corrected chi connectivity index (χ4v) is 2.46. The zero-order valence-corrected chi connectivity index (χ0v) is 11.1. The Morgan fingerprint density at radius 1 is 1.33 bits per heavy atom. The van der Waals surface area contributed by atoms with Gasteiger partial charge in [0.15, 0.2) is 0 Å². The normalized spacial score (nSPS) is 13.8. The molecule has 15 heavy (non-hydrogen) atoms. The quantitative estimate of drug-likeness (QED) is 0.921. The summed E-state index contributed by atoms with van der Waals surface area (Å²) in [6, 6.07) is 7.77. The number of benzene rings is 1. The summed E-state index contributed by atoms with van der Waals surface area (Å²) in [5.41, 5.74) is 1.11. The van der Waals surface area contributed by atoms with Crippen molar-refractivity contribution in [1.29, 1.82) is 0 Å². The molecule has 0 aromatic heterocycles. The lowest BCUT2D eigenvalue weighted by molar-refractivity contribution is 0.565. The lowest BCUT2D eigenvalue weighted by Gasteiger charge is -2.11. The van der Waals surface area contributed by atoms with Gasteiger partial charge in [-0.15, -0.1) is 0 Å². The number of nitrogens with one attached hydrogen (secondary N) is 1. The topological polar surface area (TPSA) is 46.2 Å². The van der Waals surface area contributed by atoms with Crippen molar-refractivity contribution in [3.63, 3.8) is 0 Å². The van der Waals surface area contributed by atoms with Crippen LogP contribution in [0, 0.1) is 0 Å². The fraction of sp³-hybridized carbons (Fsp3) is 0.400. The second-order valence-electron chi connectivity index (χ2n) is 3.62. The van der Waals surface area contributed by atoms with Crippen LogP contribution in [-0.2, 0) is 16.4 Å². The molecular weight excluding hydrogens is 278 g/mol. The summed E-state index contributed by atoms with van der Waals surface area (Å²) in [6.07, 6.45) is 1.87. The van der Waals surface area contributed by atoms with Gasteiger partial charge in [0.05, 0.1) is 6.26 Å². The maximum Gasteiger partial charge on any atom is 0.208 e. The Morgan fingerprint density at radius 2 is 1.87 bits per heavy atom. The van der Waals surface area contributed by atoms with E-state index in [0.717, 1.165) is 10.0 Å². The zero-order chi connectivity index (χ0) is 11.5. The van der Waals surface area contributed by atoms with Crippen molar-refractivity contribution in [2.45, 2.75) is 19.4 Å². The average molecular weight is 292 g/mol. The molecule has 0 fully saturated rings. The van der Waals surface area contributed by atoms with Gasteiger partial charge in [0.25, 0.3) is 0 Å². The van der Waals surface area contributed by atoms with Crippen molar-refractivity contribution in [3.8, 4) is 0 Å². The van der Waals surface area contributed by atoms with E-state index in [1.807, 2.05) is 31.2 Å². The molecule has 1 aromatic carbocycles. The smallest absolute Gasteiger partial charge is 0.208 e. The highest BCUT2D eigenvalue weighted by Gasteiger charge is 2.08. The maximum absolute atomic E-state index is 11.0. The number of halogens is 1. The molecule has 1 atom stereocenters. The molecular formula is C10H14BrNO2S. The number of hydrogen-bond acceptors (Lipinski definition) is 2. The third kappa shape index (κ3) is 5.30. The molecule has 0 aliphatic heterocycles. The van der Waals surface area contributed by atoms with E-state index in [1.165, 1.54) is 6.26 Å². The minimum absolute atomic E-state index is 0.0822. The van der Waals surface area contributed by atoms with Crippen LogP contribution in [0.5, 0.6) is 0 Å². The first-order valence-corrected chi connectivity index (χ1v) is 7.27. The fourth-order valence-electron chi connectivity index (χ4n) is 1.38. The lowest BCUT2D eigenvalue weighted by Crippen LogP contribution is -2.33. The molecule has 1 aromatic rings. The monoisotopic (exact) mass is 291 g/mol. The Bertz CT molecular complexity index is 414. The van der Waals surface area contributed by atoms with Crippen molar-refractivity contribution in [2.75, 3.05) is 6.26 Å². The largest absolute Gasteiger partial charge is 0.213 e. The standard InChI is InChI=1S/C10H14BrNO2S/c1-8(12-15(2,13)14)7-9-3-5-10(11)6-4-9/h3-6,8,12H,7H2,1-2H3/t8-/m0/s1. The van der Waals surface area contributed by atoms with E-state index in [-0.39, 0.29) is 6.04 Å². The van der Waals surface area contributed by atoms with Crippen molar-refractivity contribution < 1.29 is 8.42 Å². The SMILES string of the molecule is C[C@@H](Cc1ccc(Br)cc1)NS(C)(=O)=O. The first kappa shape index (κ1) is 12.7. The molecule has 0 bridgehead atoms. The summed E-state index contributed by atoms with van der Waals surface area (Å²) in [6.45, 7) is 1.85. The highest BCUT2D eigenvalue weighted by atomic mass is 79.9. The van der Waals surface area contributed by atoms with Crippen molar-refractivity contribution in [3.05, 3.63) is 34.3 Å². The summed E-state index contributed by atoms with van der Waals surface area (Å²) in [4.78, 5) is 0. The first-order chi connectivity index (χ1) is 6.87. The molecule has 0 amide bonds. The lowest BCUT2D eigenvalue weighted by atomic mass is 10.1. The van der Waals surface area contributed by atoms with Crippen LogP contribution in [-0.4, -0.2) is 20.7 Å². The molecule has 84 valence electrons. The van der Waals surface area contributed by atoms with Crippen molar-refractivity contribution >= 4 is 26.0 Å². The number of rotatable bonds is 4. The van der Waals surface area contributed by atoms with E-state index >= 15 is 0 Å². The van der Waals surface area contributed by atoms with Crippen molar-refractivity contribution in [2.24, 2.45) is 0 Å². The Morgan fingerprint density at radius 3 is 2.33 bits per heavy atom. The van der Waals surface area contributed by atoms with E-state index in [4.69, 9.17) is 0 Å². The Balaban J connectivity index is 2.59. The molecule has 3 nitrogen and oxygen atoms in total. The van der Waals surface area contributed by atoms with Gasteiger partial charge in [0.1, 0.15) is 0 Å². The van der Waals surface area contributed by atoms with E-state index in [1.54, 1.807) is 0 Å². The Hall–Kier alpha value is -0.390. The van der Waals surface area contributed by atoms with Crippen LogP contribution in [0.25, 0.3) is 0 Å². The molecule has 0 spiro atoms. The van der Waals surface area contributed by atoms with Crippen LogP contribution in [0.15, 0.2) is 28.7 Å². The van der Waals surface area contributed by atoms with Crippen LogP contribution in [0.3, 0.4) is 0 Å². The molecule has 0 aliphatic rings. The average Bonchev–Trinajstić information content (AvgIpc) is 2.05. The predicted octanol–water partition coefficient (Wildman–Crippen LogP) is 1.93. The van der Waals surface area contributed by atoms with Gasteiger partial charge in [-0.3, -0.25) is 0 Å². The van der Waals surface area contributed by atoms with E-state index in [0.29, 0.717) is 6.42 Å². The summed E-state index contributed by atoms with van der Waals surface area (Å²) < 4.78 is 25.5. The first-order valence-electron chi connectivity index (χ1n) is 4.58. The predicted molar refractivity (Wildman–Crippen MR) is 65.3 cm³/mol. The van der Waals surface area contributed by atoms with Gasteiger partial charge in [-0.2, -0.15) is 0 Å². The molecule has 1 rings (SSSR count). The van der Waals surface area contributed by atoms with Gasteiger partial charge < -0.3 is 0 Å². The summed E-state index contributed by atoms with van der Waals surface area (Å²) in [5, 5.41) is 0. The van der Waals surface area contributed by atoms with Crippen LogP contribution < -0.4 is 4.72 Å². The minimum Gasteiger partial charge on any atom is -0.213 e. The molecule has 5 heteroatoms. The second-order valence-corrected chi connectivity index (χ2v) is 6.32. The summed E-state index contributed by atoms with van der Waals surface area (Å²) in [5.74, 6) is 0. The van der Waals surface area contributed by atoms with Gasteiger partial charge in [-0.1, -0.05) is 28.1 Å². The number of hydrogen-bond donors (Lipinski definition) is 1. The van der Waals surface area contributed by atoms with Gasteiger partial charge >= 0.3 is 0 Å². The molecule has 0 heterocycles. The highest BCUT2D eigenvalue weighted by molar-refractivity contribution is 9.10. The third-order valence-electron chi connectivity index (χ3n) is 1.87. The van der Waals surface area contributed by atoms with Gasteiger partial charge in [0, 0.05) is 10.5 Å². The van der Waals surface area contributed by atoms with Gasteiger partial charge in [-0.05, 0) is 31.0 Å². The van der Waals surface area contributed by atoms with Crippen LogP contribution in [0.1, 0.15) is 12.5 Å². The van der Waals surface area contributed by atoms with Crippen LogP contribution in [0.2, 0.25) is 0 Å². The molecule has 1 N–H and O–H groups in total. The zero-order valence-electron chi connectivity index (χ0n) is 8.70. The minimum atomic E-state index is -3.11. The van der Waals surface area contributed by atoms with Crippen LogP contribution in [0.4, 0.5) is 0 Å². The van der Waals surface area contributed by atoms with E-state index in [9.17, 15) is 8.42 Å². The molecule has 0 aliphatic carbocycles. The summed E-state index contributed by atoms with van der Waals surface area (Å²) in [7, 11) is -3.11. The molecule has 0 saturated carbocycles. The molecule has 0 radical (unpaired) electrons.